The van der Waals surface area contributed by atoms with Gasteiger partial charge in [0.1, 0.15) is 0 Å². The van der Waals surface area contributed by atoms with Gasteiger partial charge in [-0.05, 0) is 30.4 Å². The van der Waals surface area contributed by atoms with Crippen LogP contribution in [0.15, 0.2) is 24.3 Å². The van der Waals surface area contributed by atoms with Gasteiger partial charge in [0.25, 0.3) is 0 Å². The van der Waals surface area contributed by atoms with Gasteiger partial charge in [-0.1, -0.05) is 18.2 Å². The highest BCUT2D eigenvalue weighted by molar-refractivity contribution is 5.39. The predicted molar refractivity (Wildman–Crippen MR) is 56.8 cm³/mol. The van der Waals surface area contributed by atoms with Gasteiger partial charge in [-0.15, -0.1) is 0 Å². The topological polar surface area (TPSA) is 70.0 Å². The fourth-order valence-electron chi connectivity index (χ4n) is 1.80. The van der Waals surface area contributed by atoms with Gasteiger partial charge in [0, 0.05) is 0 Å². The maximum absolute atomic E-state index is 9.90. The van der Waals surface area contributed by atoms with Crippen LogP contribution in [0.4, 0.5) is 0 Å². The molecule has 0 saturated heterocycles. The molecule has 0 amide bonds. The molecule has 1 aromatic carbocycles. The molecule has 2 atom stereocenters. The van der Waals surface area contributed by atoms with Crippen LogP contribution in [0.2, 0.25) is 0 Å². The van der Waals surface area contributed by atoms with Crippen molar-refractivity contribution in [2.24, 2.45) is 11.7 Å². The van der Waals surface area contributed by atoms with Crippen LogP contribution in [0.5, 0.6) is 0 Å². The van der Waals surface area contributed by atoms with Gasteiger partial charge in [-0.3, -0.25) is 0 Å². The molecule has 0 unspecified atom stereocenters. The molecule has 3 heteroatoms. The lowest BCUT2D eigenvalue weighted by atomic mass is 9.95. The van der Waals surface area contributed by atoms with Crippen molar-refractivity contribution in [1.29, 1.82) is 5.26 Å². The van der Waals surface area contributed by atoms with Crippen molar-refractivity contribution in [3.63, 3.8) is 0 Å². The molecule has 0 aliphatic heterocycles. The highest BCUT2D eigenvalue weighted by atomic mass is 16.3. The molecule has 3 N–H and O–H groups in total. The maximum atomic E-state index is 9.90. The Bertz CT molecular complexity index is 393. The molecule has 0 heterocycles. The molecule has 1 aromatic rings. The maximum Gasteiger partial charge on any atom is 0.0995 e. The van der Waals surface area contributed by atoms with E-state index < -0.39 is 12.1 Å². The quantitative estimate of drug-likeness (QED) is 0.776. The second-order valence-electron chi connectivity index (χ2n) is 4.05. The Balaban J connectivity index is 2.24. The first-order valence-corrected chi connectivity index (χ1v) is 5.16. The third kappa shape index (κ3) is 2.01. The average molecular weight is 202 g/mol. The predicted octanol–water partition coefficient (Wildman–Crippen LogP) is 1.33. The van der Waals surface area contributed by atoms with Gasteiger partial charge in [-0.25, -0.2) is 0 Å². The van der Waals surface area contributed by atoms with Crippen LogP contribution in [-0.2, 0) is 0 Å². The number of rotatable bonds is 3. The largest absolute Gasteiger partial charge is 0.391 e. The zero-order valence-corrected chi connectivity index (χ0v) is 8.43. The molecule has 78 valence electrons. The van der Waals surface area contributed by atoms with Crippen LogP contribution >= 0.6 is 0 Å². The van der Waals surface area contributed by atoms with Gasteiger partial charge < -0.3 is 10.8 Å². The highest BCUT2D eigenvalue weighted by Crippen LogP contribution is 2.37. The SMILES string of the molecule is N#Cc1ccccc1[C@@H](N)[C@@H](O)C1CC1. The highest BCUT2D eigenvalue weighted by Gasteiger charge is 2.34. The van der Waals surface area contributed by atoms with Crippen LogP contribution in [-0.4, -0.2) is 11.2 Å². The summed E-state index contributed by atoms with van der Waals surface area (Å²) < 4.78 is 0. The smallest absolute Gasteiger partial charge is 0.0995 e. The van der Waals surface area contributed by atoms with Crippen LogP contribution in [0.1, 0.15) is 30.0 Å². The van der Waals surface area contributed by atoms with Gasteiger partial charge >= 0.3 is 0 Å². The fraction of sp³-hybridized carbons (Fsp3) is 0.417. The van der Waals surface area contributed by atoms with E-state index in [1.54, 1.807) is 12.1 Å². The summed E-state index contributed by atoms with van der Waals surface area (Å²) in [5.41, 5.74) is 7.26. The average Bonchev–Trinajstić information content (AvgIpc) is 3.11. The zero-order chi connectivity index (χ0) is 10.8. The summed E-state index contributed by atoms with van der Waals surface area (Å²) in [6.45, 7) is 0. The lowest BCUT2D eigenvalue weighted by Crippen LogP contribution is -2.28. The molecule has 1 aliphatic rings. The van der Waals surface area contributed by atoms with Crippen molar-refractivity contribution in [1.82, 2.24) is 0 Å². The molecule has 1 aliphatic carbocycles. The second-order valence-corrected chi connectivity index (χ2v) is 4.05. The number of benzene rings is 1. The summed E-state index contributed by atoms with van der Waals surface area (Å²) in [6, 6.07) is 8.85. The van der Waals surface area contributed by atoms with E-state index in [1.807, 2.05) is 12.1 Å². The minimum absolute atomic E-state index is 0.326. The molecular formula is C12H14N2O. The molecule has 1 fully saturated rings. The lowest BCUT2D eigenvalue weighted by molar-refractivity contribution is 0.122. The third-order valence-electron chi connectivity index (χ3n) is 2.91. The molecule has 1 saturated carbocycles. The third-order valence-corrected chi connectivity index (χ3v) is 2.91. The Morgan fingerprint density at radius 3 is 2.67 bits per heavy atom. The normalized spacial score (nSPS) is 19.3. The monoisotopic (exact) mass is 202 g/mol. The Morgan fingerprint density at radius 2 is 2.07 bits per heavy atom. The van der Waals surface area contributed by atoms with E-state index in [4.69, 9.17) is 11.0 Å². The number of nitriles is 1. The van der Waals surface area contributed by atoms with E-state index in [-0.39, 0.29) is 0 Å². The minimum atomic E-state index is -0.514. The number of hydrogen-bond donors (Lipinski definition) is 2. The summed E-state index contributed by atoms with van der Waals surface area (Å²) in [5.74, 6) is 0.326. The van der Waals surface area contributed by atoms with Gasteiger partial charge in [0.15, 0.2) is 0 Å². The molecule has 3 nitrogen and oxygen atoms in total. The molecule has 2 rings (SSSR count). The summed E-state index contributed by atoms with van der Waals surface area (Å²) in [6.07, 6.45) is 1.58. The van der Waals surface area contributed by atoms with Crippen LogP contribution in [0, 0.1) is 17.2 Å². The summed E-state index contributed by atoms with van der Waals surface area (Å²) in [4.78, 5) is 0. The van der Waals surface area contributed by atoms with Crippen LogP contribution in [0.3, 0.4) is 0 Å². The van der Waals surface area contributed by atoms with Gasteiger partial charge in [0.2, 0.25) is 0 Å². The molecule has 0 bridgehead atoms. The minimum Gasteiger partial charge on any atom is -0.391 e. The van der Waals surface area contributed by atoms with E-state index in [0.717, 1.165) is 18.4 Å². The summed E-state index contributed by atoms with van der Waals surface area (Å²) >= 11 is 0. The Hall–Kier alpha value is -1.37. The van der Waals surface area contributed by atoms with Crippen molar-refractivity contribution in [3.8, 4) is 6.07 Å². The first kappa shape index (κ1) is 10.2. The second kappa shape index (κ2) is 4.01. The summed E-state index contributed by atoms with van der Waals surface area (Å²) in [5, 5.41) is 18.8. The fourth-order valence-corrected chi connectivity index (χ4v) is 1.80. The molecular weight excluding hydrogens is 188 g/mol. The van der Waals surface area contributed by atoms with Crippen molar-refractivity contribution in [2.45, 2.75) is 25.0 Å². The number of nitrogens with two attached hydrogens (primary N) is 1. The molecule has 15 heavy (non-hydrogen) atoms. The summed E-state index contributed by atoms with van der Waals surface area (Å²) in [7, 11) is 0. The van der Waals surface area contributed by atoms with Crippen molar-refractivity contribution < 1.29 is 5.11 Å². The van der Waals surface area contributed by atoms with Gasteiger partial charge in [-0.2, -0.15) is 5.26 Å². The molecule has 0 radical (unpaired) electrons. The van der Waals surface area contributed by atoms with Gasteiger partial charge in [0.05, 0.1) is 23.8 Å². The Morgan fingerprint density at radius 1 is 1.40 bits per heavy atom. The van der Waals surface area contributed by atoms with E-state index in [2.05, 4.69) is 6.07 Å². The number of aliphatic hydroxyl groups is 1. The molecule has 0 aromatic heterocycles. The standard InChI is InChI=1S/C12H14N2O/c13-7-9-3-1-2-4-10(9)11(14)12(15)8-5-6-8/h1-4,8,11-12,15H,5-6,14H2/t11-,12+/m1/s1. The van der Waals surface area contributed by atoms with E-state index in [9.17, 15) is 5.11 Å². The van der Waals surface area contributed by atoms with Crippen molar-refractivity contribution in [2.75, 3.05) is 0 Å². The van der Waals surface area contributed by atoms with E-state index >= 15 is 0 Å². The first-order valence-electron chi connectivity index (χ1n) is 5.16. The van der Waals surface area contributed by atoms with Crippen molar-refractivity contribution >= 4 is 0 Å². The first-order chi connectivity index (χ1) is 7.24. The lowest BCUT2D eigenvalue weighted by Gasteiger charge is -2.19. The van der Waals surface area contributed by atoms with Crippen LogP contribution < -0.4 is 5.73 Å². The Labute approximate surface area is 89.1 Å². The number of hydrogen-bond acceptors (Lipinski definition) is 3. The molecule has 0 spiro atoms. The number of aliphatic hydroxyl groups excluding tert-OH is 1. The van der Waals surface area contributed by atoms with Crippen molar-refractivity contribution in [3.05, 3.63) is 35.4 Å². The van der Waals surface area contributed by atoms with Crippen LogP contribution in [0.25, 0.3) is 0 Å². The number of nitrogens with zero attached hydrogens (tertiary/aromatic N) is 1. The van der Waals surface area contributed by atoms with E-state index in [0.29, 0.717) is 11.5 Å². The Kier molecular flexibility index (Phi) is 2.72. The van der Waals surface area contributed by atoms with E-state index in [1.165, 1.54) is 0 Å². The zero-order valence-electron chi connectivity index (χ0n) is 8.43.